The largest absolute Gasteiger partial charge is 0.368 e. The van der Waals surface area contributed by atoms with Gasteiger partial charge in [0.25, 0.3) is 0 Å². The van der Waals surface area contributed by atoms with Crippen molar-refractivity contribution in [1.29, 1.82) is 0 Å². The smallest absolute Gasteiger partial charge is 0.246 e. The van der Waals surface area contributed by atoms with Crippen LogP contribution >= 0.6 is 11.6 Å². The molecule has 1 saturated heterocycles. The second-order valence-electron chi connectivity index (χ2n) is 5.31. The molecule has 0 saturated carbocycles. The number of hydrogen-bond acceptors (Lipinski definition) is 4. The van der Waals surface area contributed by atoms with Crippen LogP contribution in [0, 0.1) is 6.92 Å². The maximum atomic E-state index is 12.6. The predicted octanol–water partition coefficient (Wildman–Crippen LogP) is 1.13. The maximum absolute atomic E-state index is 12.6. The number of rotatable bonds is 3. The van der Waals surface area contributed by atoms with E-state index in [1.807, 2.05) is 13.8 Å². The van der Waals surface area contributed by atoms with Gasteiger partial charge >= 0.3 is 0 Å². The highest BCUT2D eigenvalue weighted by atomic mass is 35.5. The number of aromatic nitrogens is 2. The first-order valence-electron chi connectivity index (χ1n) is 6.00. The van der Waals surface area contributed by atoms with Crippen molar-refractivity contribution >= 4 is 21.6 Å². The van der Waals surface area contributed by atoms with Crippen molar-refractivity contribution in [2.75, 3.05) is 19.0 Å². The SMILES string of the molecule is Cc1[nH]ncc1S(=O)(=O)N1CC(CCl)OC(C)(C)C1. The fourth-order valence-electron chi connectivity index (χ4n) is 2.24. The quantitative estimate of drug-likeness (QED) is 0.849. The summed E-state index contributed by atoms with van der Waals surface area (Å²) in [7, 11) is -3.56. The molecule has 0 aromatic carbocycles. The molecule has 1 aromatic heterocycles. The van der Waals surface area contributed by atoms with Crippen molar-refractivity contribution < 1.29 is 13.2 Å². The van der Waals surface area contributed by atoms with Gasteiger partial charge in [0.15, 0.2) is 0 Å². The van der Waals surface area contributed by atoms with Gasteiger partial charge in [-0.3, -0.25) is 5.10 Å². The Kier molecular flexibility index (Phi) is 3.92. The van der Waals surface area contributed by atoms with Gasteiger partial charge in [-0.1, -0.05) is 0 Å². The summed E-state index contributed by atoms with van der Waals surface area (Å²) in [6.07, 6.45) is 1.04. The molecule has 0 amide bonds. The Balaban J connectivity index is 2.33. The minimum Gasteiger partial charge on any atom is -0.368 e. The average Bonchev–Trinajstić information content (AvgIpc) is 2.74. The summed E-state index contributed by atoms with van der Waals surface area (Å²) < 4.78 is 32.3. The Morgan fingerprint density at radius 1 is 1.63 bits per heavy atom. The lowest BCUT2D eigenvalue weighted by Crippen LogP contribution is -2.55. The zero-order chi connectivity index (χ0) is 14.3. The average molecular weight is 308 g/mol. The van der Waals surface area contributed by atoms with Gasteiger partial charge in [0.2, 0.25) is 10.0 Å². The number of nitrogens with zero attached hydrogens (tertiary/aromatic N) is 2. The molecule has 108 valence electrons. The lowest BCUT2D eigenvalue weighted by atomic mass is 10.1. The van der Waals surface area contributed by atoms with E-state index in [-0.39, 0.29) is 23.4 Å². The summed E-state index contributed by atoms with van der Waals surface area (Å²) in [5.74, 6) is 0.264. The van der Waals surface area contributed by atoms with E-state index in [0.29, 0.717) is 12.2 Å². The summed E-state index contributed by atoms with van der Waals surface area (Å²) in [4.78, 5) is 0.207. The molecule has 6 nitrogen and oxygen atoms in total. The highest BCUT2D eigenvalue weighted by molar-refractivity contribution is 7.89. The van der Waals surface area contributed by atoms with Gasteiger partial charge in [-0.2, -0.15) is 9.40 Å². The number of aromatic amines is 1. The lowest BCUT2D eigenvalue weighted by molar-refractivity contribution is -0.107. The monoisotopic (exact) mass is 307 g/mol. The fourth-order valence-corrected chi connectivity index (χ4v) is 4.14. The molecule has 8 heteroatoms. The predicted molar refractivity (Wildman–Crippen MR) is 71.8 cm³/mol. The summed E-state index contributed by atoms with van der Waals surface area (Å²) >= 11 is 5.81. The molecule has 1 aromatic rings. The molecule has 2 heterocycles. The molecule has 19 heavy (non-hydrogen) atoms. The molecule has 0 bridgehead atoms. The van der Waals surface area contributed by atoms with Gasteiger partial charge < -0.3 is 4.74 Å². The minimum absolute atomic E-state index is 0.207. The molecule has 0 spiro atoms. The Morgan fingerprint density at radius 3 is 2.84 bits per heavy atom. The van der Waals surface area contributed by atoms with Crippen LogP contribution in [0.15, 0.2) is 11.1 Å². The van der Waals surface area contributed by atoms with E-state index in [2.05, 4.69) is 10.2 Å². The number of halogens is 1. The Morgan fingerprint density at radius 2 is 2.32 bits per heavy atom. The van der Waals surface area contributed by atoms with Crippen LogP contribution in [0.1, 0.15) is 19.5 Å². The minimum atomic E-state index is -3.56. The Labute approximate surface area is 118 Å². The zero-order valence-electron chi connectivity index (χ0n) is 11.2. The van der Waals surface area contributed by atoms with Crippen molar-refractivity contribution in [2.24, 2.45) is 0 Å². The maximum Gasteiger partial charge on any atom is 0.246 e. The van der Waals surface area contributed by atoms with Gasteiger partial charge in [-0.25, -0.2) is 8.42 Å². The molecule has 1 fully saturated rings. The van der Waals surface area contributed by atoms with E-state index >= 15 is 0 Å². The highest BCUT2D eigenvalue weighted by Crippen LogP contribution is 2.27. The second kappa shape index (κ2) is 5.05. The number of nitrogens with one attached hydrogen (secondary N) is 1. The van der Waals surface area contributed by atoms with Crippen molar-refractivity contribution in [3.8, 4) is 0 Å². The Bertz CT molecular complexity index is 555. The van der Waals surface area contributed by atoms with Crippen LogP contribution in [0.5, 0.6) is 0 Å². The topological polar surface area (TPSA) is 75.3 Å². The third-order valence-electron chi connectivity index (χ3n) is 3.02. The van der Waals surface area contributed by atoms with Crippen LogP contribution in [-0.2, 0) is 14.8 Å². The first-order valence-corrected chi connectivity index (χ1v) is 7.97. The van der Waals surface area contributed by atoms with E-state index in [1.54, 1.807) is 6.92 Å². The lowest BCUT2D eigenvalue weighted by Gasteiger charge is -2.41. The van der Waals surface area contributed by atoms with Crippen LogP contribution in [0.3, 0.4) is 0 Å². The number of morpholine rings is 1. The molecule has 0 aliphatic carbocycles. The summed E-state index contributed by atoms with van der Waals surface area (Å²) in [5, 5.41) is 6.42. The van der Waals surface area contributed by atoms with Gasteiger partial charge in [-0.05, 0) is 20.8 Å². The number of sulfonamides is 1. The van der Waals surface area contributed by atoms with Crippen LogP contribution < -0.4 is 0 Å². The van der Waals surface area contributed by atoms with E-state index in [1.165, 1.54) is 10.5 Å². The normalized spacial score (nSPS) is 24.5. The third-order valence-corrected chi connectivity index (χ3v) is 5.29. The number of ether oxygens (including phenoxy) is 1. The van der Waals surface area contributed by atoms with Crippen molar-refractivity contribution in [2.45, 2.75) is 37.4 Å². The Hall–Kier alpha value is -0.630. The zero-order valence-corrected chi connectivity index (χ0v) is 12.8. The van der Waals surface area contributed by atoms with Crippen molar-refractivity contribution in [3.63, 3.8) is 0 Å². The van der Waals surface area contributed by atoms with Gasteiger partial charge in [0, 0.05) is 19.0 Å². The second-order valence-corrected chi connectivity index (χ2v) is 7.53. The molecule has 2 rings (SSSR count). The molecule has 1 aliphatic heterocycles. The molecule has 1 N–H and O–H groups in total. The number of aryl methyl sites for hydroxylation is 1. The van der Waals surface area contributed by atoms with Crippen LogP contribution in [0.2, 0.25) is 0 Å². The third kappa shape index (κ3) is 2.94. The standard InChI is InChI=1S/C11H18ClN3O3S/c1-8-10(5-13-14-8)19(16,17)15-6-9(4-12)18-11(2,3)7-15/h5,9H,4,6-7H2,1-3H3,(H,13,14). The molecular formula is C11H18ClN3O3S. The summed E-state index contributed by atoms with van der Waals surface area (Å²) in [6.45, 7) is 5.96. The highest BCUT2D eigenvalue weighted by Gasteiger charge is 2.39. The van der Waals surface area contributed by atoms with Gasteiger partial charge in [0.1, 0.15) is 4.90 Å². The van der Waals surface area contributed by atoms with E-state index in [4.69, 9.17) is 16.3 Å². The van der Waals surface area contributed by atoms with E-state index in [0.717, 1.165) is 0 Å². The first kappa shape index (κ1) is 14.8. The number of alkyl halides is 1. The number of hydrogen-bond donors (Lipinski definition) is 1. The van der Waals surface area contributed by atoms with E-state index in [9.17, 15) is 8.42 Å². The summed E-state index contributed by atoms with van der Waals surface area (Å²) in [5.41, 5.74) is -0.0191. The van der Waals surface area contributed by atoms with Gasteiger partial charge in [0.05, 0.1) is 23.6 Å². The fraction of sp³-hybridized carbons (Fsp3) is 0.727. The van der Waals surface area contributed by atoms with E-state index < -0.39 is 15.6 Å². The van der Waals surface area contributed by atoms with Gasteiger partial charge in [-0.15, -0.1) is 11.6 Å². The summed E-state index contributed by atoms with van der Waals surface area (Å²) in [6, 6.07) is 0. The van der Waals surface area contributed by atoms with Crippen LogP contribution in [0.25, 0.3) is 0 Å². The molecule has 0 radical (unpaired) electrons. The van der Waals surface area contributed by atoms with Crippen LogP contribution in [0.4, 0.5) is 0 Å². The first-order chi connectivity index (χ1) is 8.76. The molecule has 1 aliphatic rings. The number of H-pyrrole nitrogens is 1. The van der Waals surface area contributed by atoms with Crippen molar-refractivity contribution in [3.05, 3.63) is 11.9 Å². The molecule has 1 unspecified atom stereocenters. The van der Waals surface area contributed by atoms with Crippen LogP contribution in [-0.4, -0.2) is 53.6 Å². The molecular weight excluding hydrogens is 290 g/mol. The van der Waals surface area contributed by atoms with Crippen molar-refractivity contribution in [1.82, 2.24) is 14.5 Å². The molecule has 1 atom stereocenters.